The number of hydrogen-bond donors (Lipinski definition) is 1. The van der Waals surface area contributed by atoms with Gasteiger partial charge in [-0.15, -0.1) is 11.6 Å². The molecule has 0 atom stereocenters. The second-order valence-corrected chi connectivity index (χ2v) is 3.54. The molecular weight excluding hydrogens is 253 g/mol. The molecule has 6 heteroatoms. The molecule has 0 heterocycles. The highest BCUT2D eigenvalue weighted by Gasteiger charge is 2.11. The molecule has 0 saturated carbocycles. The first-order valence-corrected chi connectivity index (χ1v) is 5.31. The van der Waals surface area contributed by atoms with E-state index in [9.17, 15) is 4.79 Å². The normalized spacial score (nSPS) is 9.75. The summed E-state index contributed by atoms with van der Waals surface area (Å²) in [7, 11) is 3.00. The Hall–Kier alpha value is -1.13. The van der Waals surface area contributed by atoms with Crippen LogP contribution in [0.3, 0.4) is 0 Å². The molecule has 0 bridgehead atoms. The van der Waals surface area contributed by atoms with E-state index in [2.05, 4.69) is 5.32 Å². The first kappa shape index (κ1) is 12.9. The Kier molecular flexibility index (Phi) is 4.71. The standard InChI is InChI=1S/C10H11Cl2NO3/c1-15-8-3-6(12)7(4-9(8)16-2)13-10(14)5-11/h3-4H,5H2,1-2H3,(H,13,14). The second kappa shape index (κ2) is 5.82. The predicted octanol–water partition coefficient (Wildman–Crippen LogP) is 2.53. The van der Waals surface area contributed by atoms with Gasteiger partial charge in [-0.25, -0.2) is 0 Å². The minimum absolute atomic E-state index is 0.134. The van der Waals surface area contributed by atoms with Gasteiger partial charge in [-0.1, -0.05) is 11.6 Å². The third-order valence-electron chi connectivity index (χ3n) is 1.87. The Morgan fingerprint density at radius 1 is 1.31 bits per heavy atom. The van der Waals surface area contributed by atoms with E-state index in [0.29, 0.717) is 22.2 Å². The van der Waals surface area contributed by atoms with Gasteiger partial charge in [0.05, 0.1) is 24.9 Å². The minimum atomic E-state index is -0.337. The summed E-state index contributed by atoms with van der Waals surface area (Å²) < 4.78 is 10.1. The van der Waals surface area contributed by atoms with Gasteiger partial charge in [-0.05, 0) is 0 Å². The third-order valence-corrected chi connectivity index (χ3v) is 2.42. The number of nitrogens with one attached hydrogen (secondary N) is 1. The number of anilines is 1. The molecule has 1 N–H and O–H groups in total. The number of rotatable bonds is 4. The van der Waals surface area contributed by atoms with E-state index in [0.717, 1.165) is 0 Å². The fourth-order valence-corrected chi connectivity index (χ4v) is 1.40. The van der Waals surface area contributed by atoms with E-state index >= 15 is 0 Å². The van der Waals surface area contributed by atoms with Crippen LogP contribution in [0, 0.1) is 0 Å². The van der Waals surface area contributed by atoms with Crippen molar-refractivity contribution in [1.82, 2.24) is 0 Å². The Bertz CT molecular complexity index is 396. The van der Waals surface area contributed by atoms with Crippen LogP contribution in [-0.2, 0) is 4.79 Å². The zero-order chi connectivity index (χ0) is 12.1. The summed E-state index contributed by atoms with van der Waals surface area (Å²) in [6.07, 6.45) is 0. The van der Waals surface area contributed by atoms with E-state index in [1.54, 1.807) is 12.1 Å². The van der Waals surface area contributed by atoms with Crippen molar-refractivity contribution < 1.29 is 14.3 Å². The zero-order valence-corrected chi connectivity index (χ0v) is 10.4. The molecule has 0 saturated heterocycles. The number of halogens is 2. The summed E-state index contributed by atoms with van der Waals surface area (Å²) >= 11 is 11.3. The summed E-state index contributed by atoms with van der Waals surface area (Å²) in [5.41, 5.74) is 0.435. The maximum Gasteiger partial charge on any atom is 0.239 e. The third kappa shape index (κ3) is 2.93. The number of carbonyl (C=O) groups is 1. The molecule has 16 heavy (non-hydrogen) atoms. The Morgan fingerprint density at radius 3 is 2.38 bits per heavy atom. The number of ether oxygens (including phenoxy) is 2. The maximum absolute atomic E-state index is 11.1. The molecule has 0 fully saturated rings. The van der Waals surface area contributed by atoms with Gasteiger partial charge < -0.3 is 14.8 Å². The molecule has 1 amide bonds. The van der Waals surface area contributed by atoms with Crippen LogP contribution >= 0.6 is 23.2 Å². The number of amides is 1. The molecule has 0 aliphatic heterocycles. The molecule has 1 aromatic rings. The van der Waals surface area contributed by atoms with Crippen molar-refractivity contribution in [2.45, 2.75) is 0 Å². The molecule has 0 aromatic heterocycles. The lowest BCUT2D eigenvalue weighted by atomic mass is 10.2. The van der Waals surface area contributed by atoms with E-state index in [1.165, 1.54) is 14.2 Å². The average molecular weight is 264 g/mol. The Balaban J connectivity index is 3.06. The van der Waals surface area contributed by atoms with E-state index in [-0.39, 0.29) is 11.8 Å². The van der Waals surface area contributed by atoms with Crippen molar-refractivity contribution >= 4 is 34.8 Å². The molecule has 0 radical (unpaired) electrons. The van der Waals surface area contributed by atoms with Crippen LogP contribution in [0.2, 0.25) is 5.02 Å². The number of carbonyl (C=O) groups excluding carboxylic acids is 1. The zero-order valence-electron chi connectivity index (χ0n) is 8.84. The Labute approximate surface area is 103 Å². The van der Waals surface area contributed by atoms with Gasteiger partial charge in [0.15, 0.2) is 11.5 Å². The highest BCUT2D eigenvalue weighted by molar-refractivity contribution is 6.35. The molecule has 0 spiro atoms. The first-order valence-electron chi connectivity index (χ1n) is 4.39. The molecular formula is C10H11Cl2NO3. The van der Waals surface area contributed by atoms with E-state index in [1.807, 2.05) is 0 Å². The summed E-state index contributed by atoms with van der Waals surface area (Å²) in [6, 6.07) is 3.13. The lowest BCUT2D eigenvalue weighted by molar-refractivity contribution is -0.113. The molecule has 1 rings (SSSR count). The molecule has 1 aromatic carbocycles. The van der Waals surface area contributed by atoms with Crippen LogP contribution in [0.5, 0.6) is 11.5 Å². The van der Waals surface area contributed by atoms with Gasteiger partial charge in [0.25, 0.3) is 0 Å². The maximum atomic E-state index is 11.1. The van der Waals surface area contributed by atoms with Crippen molar-refractivity contribution in [2.24, 2.45) is 0 Å². The highest BCUT2D eigenvalue weighted by Crippen LogP contribution is 2.35. The number of methoxy groups -OCH3 is 2. The summed E-state index contributed by atoms with van der Waals surface area (Å²) in [4.78, 5) is 11.1. The Morgan fingerprint density at radius 2 is 1.88 bits per heavy atom. The number of alkyl halides is 1. The van der Waals surface area contributed by atoms with Crippen molar-refractivity contribution in [3.8, 4) is 11.5 Å². The fraction of sp³-hybridized carbons (Fsp3) is 0.300. The molecule has 0 unspecified atom stereocenters. The monoisotopic (exact) mass is 263 g/mol. The van der Waals surface area contributed by atoms with Crippen LogP contribution in [0.25, 0.3) is 0 Å². The average Bonchev–Trinajstić information content (AvgIpc) is 2.30. The van der Waals surface area contributed by atoms with Gasteiger partial charge in [0.2, 0.25) is 5.91 Å². The van der Waals surface area contributed by atoms with Crippen LogP contribution < -0.4 is 14.8 Å². The van der Waals surface area contributed by atoms with Gasteiger partial charge >= 0.3 is 0 Å². The van der Waals surface area contributed by atoms with Crippen molar-refractivity contribution in [3.63, 3.8) is 0 Å². The molecule has 88 valence electrons. The minimum Gasteiger partial charge on any atom is -0.493 e. The van der Waals surface area contributed by atoms with Gasteiger partial charge in [0, 0.05) is 12.1 Å². The molecule has 0 aliphatic rings. The smallest absolute Gasteiger partial charge is 0.239 e. The lowest BCUT2D eigenvalue weighted by Crippen LogP contribution is -2.13. The molecule has 4 nitrogen and oxygen atoms in total. The lowest BCUT2D eigenvalue weighted by Gasteiger charge is -2.11. The van der Waals surface area contributed by atoms with Crippen molar-refractivity contribution in [3.05, 3.63) is 17.2 Å². The van der Waals surface area contributed by atoms with Crippen molar-refractivity contribution in [1.29, 1.82) is 0 Å². The topological polar surface area (TPSA) is 47.6 Å². The van der Waals surface area contributed by atoms with Gasteiger partial charge in [0.1, 0.15) is 5.88 Å². The number of hydrogen-bond acceptors (Lipinski definition) is 3. The van der Waals surface area contributed by atoms with E-state index in [4.69, 9.17) is 32.7 Å². The SMILES string of the molecule is COc1cc(Cl)c(NC(=O)CCl)cc1OC. The van der Waals surface area contributed by atoms with Crippen LogP contribution in [-0.4, -0.2) is 26.0 Å². The van der Waals surface area contributed by atoms with Gasteiger partial charge in [-0.2, -0.15) is 0 Å². The number of benzene rings is 1. The van der Waals surface area contributed by atoms with Gasteiger partial charge in [-0.3, -0.25) is 4.79 Å². The van der Waals surface area contributed by atoms with Crippen LogP contribution in [0.1, 0.15) is 0 Å². The van der Waals surface area contributed by atoms with E-state index < -0.39 is 0 Å². The first-order chi connectivity index (χ1) is 7.62. The summed E-state index contributed by atoms with van der Waals surface area (Å²) in [5.74, 6) is 0.508. The second-order valence-electron chi connectivity index (χ2n) is 2.87. The quantitative estimate of drug-likeness (QED) is 0.850. The largest absolute Gasteiger partial charge is 0.493 e. The van der Waals surface area contributed by atoms with Crippen molar-refractivity contribution in [2.75, 3.05) is 25.4 Å². The highest BCUT2D eigenvalue weighted by atomic mass is 35.5. The summed E-state index contributed by atoms with van der Waals surface area (Å²) in [6.45, 7) is 0. The molecule has 0 aliphatic carbocycles. The summed E-state index contributed by atoms with van der Waals surface area (Å²) in [5, 5.41) is 2.91. The predicted molar refractivity (Wildman–Crippen MR) is 63.9 cm³/mol. The van der Waals surface area contributed by atoms with Crippen LogP contribution in [0.4, 0.5) is 5.69 Å². The fourth-order valence-electron chi connectivity index (χ4n) is 1.13. The van der Waals surface area contributed by atoms with Crippen LogP contribution in [0.15, 0.2) is 12.1 Å².